The minimum absolute atomic E-state index is 0.00990. The van der Waals surface area contributed by atoms with Crippen molar-refractivity contribution in [3.8, 4) is 0 Å². The molecule has 1 saturated carbocycles. The number of cyclic esters (lactones) is 1. The predicted molar refractivity (Wildman–Crippen MR) is 206 cm³/mol. The van der Waals surface area contributed by atoms with Crippen molar-refractivity contribution < 1.29 is 53.8 Å². The molecule has 4 rings (SSSR count). The molecule has 55 heavy (non-hydrogen) atoms. The van der Waals surface area contributed by atoms with Crippen LogP contribution in [-0.4, -0.2) is 111 Å². The molecule has 0 radical (unpaired) electrons. The van der Waals surface area contributed by atoms with E-state index < -0.39 is 77.8 Å². The van der Waals surface area contributed by atoms with Crippen LogP contribution in [0.4, 0.5) is 0 Å². The summed E-state index contributed by atoms with van der Waals surface area (Å²) in [6.07, 6.45) is 5.07. The number of fused-ring (bicyclic) bond motifs is 3. The van der Waals surface area contributed by atoms with E-state index in [0.717, 1.165) is 10.5 Å². The first-order chi connectivity index (χ1) is 25.9. The van der Waals surface area contributed by atoms with Crippen molar-refractivity contribution in [2.45, 2.75) is 161 Å². The number of nitrogens with zero attached hydrogens (tertiary/aromatic N) is 1. The Morgan fingerprint density at radius 2 is 1.69 bits per heavy atom. The van der Waals surface area contributed by atoms with Crippen molar-refractivity contribution in [3.05, 3.63) is 36.0 Å². The molecule has 0 aromatic heterocycles. The van der Waals surface area contributed by atoms with Gasteiger partial charge in [-0.25, -0.2) is 4.79 Å². The summed E-state index contributed by atoms with van der Waals surface area (Å²) in [5.41, 5.74) is 1.62. The summed E-state index contributed by atoms with van der Waals surface area (Å²) in [5.74, 6) is -8.08. The summed E-state index contributed by atoms with van der Waals surface area (Å²) < 4.78 is 17.8. The Morgan fingerprint density at radius 1 is 0.982 bits per heavy atom. The number of Topliss-reactive ketones (excluding diaryl/α,β-unsaturated/α-hetero) is 2. The Morgan fingerprint density at radius 3 is 2.36 bits per heavy atom. The standard InChI is InChI=1S/C43H67NO11/c1-9-12-31-19-25(3)17-24(2)18-26(4)39-36(48)21-28(6)43(52,55-39)40(49)41(50)44-16-11-10-13-32(44)42(51)54-38(29(7)34(46)23-35(31)47)27(5)20-30-14-15-33(45)37(22-30)53-8/h9,19-20,24,26,28-34,36-39,45-46,48,52H,1,10-18,21-23H2,2-8H3/b25-19+,27-20+/t24-,26-,28+,29+,30-,31+,32-,33+,34-,36-,37+,38+,39+,43+/m0/s1. The lowest BCUT2D eigenvalue weighted by Crippen LogP contribution is -2.63. The van der Waals surface area contributed by atoms with Gasteiger partial charge in [-0.3, -0.25) is 14.4 Å². The van der Waals surface area contributed by atoms with Gasteiger partial charge in [-0.15, -0.1) is 6.58 Å². The number of ketones is 2. The first-order valence-electron chi connectivity index (χ1n) is 20.4. The van der Waals surface area contributed by atoms with E-state index in [1.54, 1.807) is 27.0 Å². The molecule has 0 aromatic rings. The van der Waals surface area contributed by atoms with E-state index in [9.17, 15) is 39.6 Å². The summed E-state index contributed by atoms with van der Waals surface area (Å²) >= 11 is 0. The van der Waals surface area contributed by atoms with Gasteiger partial charge in [0.25, 0.3) is 11.7 Å². The molecule has 3 heterocycles. The van der Waals surface area contributed by atoms with E-state index in [2.05, 4.69) is 6.58 Å². The van der Waals surface area contributed by atoms with E-state index in [-0.39, 0.29) is 55.4 Å². The van der Waals surface area contributed by atoms with Crippen molar-refractivity contribution in [3.63, 3.8) is 0 Å². The van der Waals surface area contributed by atoms with Crippen molar-refractivity contribution >= 4 is 23.4 Å². The highest BCUT2D eigenvalue weighted by Crippen LogP contribution is 2.39. The molecule has 3 aliphatic heterocycles. The maximum absolute atomic E-state index is 14.2. The average molecular weight is 774 g/mol. The van der Waals surface area contributed by atoms with Crippen LogP contribution >= 0.6 is 0 Å². The number of hydrogen-bond donors (Lipinski definition) is 4. The summed E-state index contributed by atoms with van der Waals surface area (Å²) in [4.78, 5) is 57.3. The Labute approximate surface area is 327 Å². The summed E-state index contributed by atoms with van der Waals surface area (Å²) in [6, 6.07) is -1.14. The second kappa shape index (κ2) is 19.6. The minimum Gasteiger partial charge on any atom is -0.456 e. The number of amides is 1. The van der Waals surface area contributed by atoms with Crippen LogP contribution in [0.15, 0.2) is 36.0 Å². The van der Waals surface area contributed by atoms with E-state index in [4.69, 9.17) is 14.2 Å². The largest absolute Gasteiger partial charge is 0.456 e. The molecule has 4 aliphatic rings. The molecule has 4 N–H and O–H groups in total. The molecule has 1 amide bonds. The van der Waals surface area contributed by atoms with E-state index in [1.807, 2.05) is 39.8 Å². The Hall–Kier alpha value is -2.74. The van der Waals surface area contributed by atoms with Gasteiger partial charge in [-0.2, -0.15) is 0 Å². The fraction of sp³-hybridized carbons (Fsp3) is 0.767. The van der Waals surface area contributed by atoms with Gasteiger partial charge in [-0.1, -0.05) is 51.5 Å². The van der Waals surface area contributed by atoms with Crippen LogP contribution in [0.25, 0.3) is 0 Å². The fourth-order valence-corrected chi connectivity index (χ4v) is 9.40. The van der Waals surface area contributed by atoms with E-state index >= 15 is 0 Å². The van der Waals surface area contributed by atoms with E-state index in [1.165, 1.54) is 0 Å². The summed E-state index contributed by atoms with van der Waals surface area (Å²) in [7, 11) is 1.56. The smallest absolute Gasteiger partial charge is 0.329 e. The number of carbonyl (C=O) groups is 4. The minimum atomic E-state index is -2.51. The molecular weight excluding hydrogens is 706 g/mol. The molecular formula is C43H67NO11. The highest BCUT2D eigenvalue weighted by atomic mass is 16.6. The lowest BCUT2D eigenvalue weighted by atomic mass is 9.79. The van der Waals surface area contributed by atoms with Crippen LogP contribution < -0.4 is 0 Å². The monoisotopic (exact) mass is 773 g/mol. The SMILES string of the molecule is C=CC[C@@H]1/C=C(\C)C[C@H](C)C[C@H](C)[C@H]2O[C@@](O)(C(=O)C(=O)N3CCCC[C@H]3C(=O)O[C@H](/C(C)=C/[C@@H]3CC[C@@H](O)[C@H](OC)C3)[C@H](C)[C@@H](O)CC1=O)[C@H](C)C[C@@H]2O. The number of methoxy groups -OCH3 is 1. The first kappa shape index (κ1) is 45.0. The molecule has 0 aromatic carbocycles. The third-order valence-electron chi connectivity index (χ3n) is 12.6. The average Bonchev–Trinajstić information content (AvgIpc) is 3.14. The number of allylic oxidation sites excluding steroid dienone is 4. The normalized spacial score (nSPS) is 42.0. The van der Waals surface area contributed by atoms with Gasteiger partial charge >= 0.3 is 5.97 Å². The van der Waals surface area contributed by atoms with Crippen LogP contribution in [0.1, 0.15) is 112 Å². The molecule has 12 heteroatoms. The molecule has 1 aliphatic carbocycles. The second-order valence-corrected chi connectivity index (χ2v) is 17.3. The topological polar surface area (TPSA) is 180 Å². The van der Waals surface area contributed by atoms with Crippen molar-refractivity contribution in [1.29, 1.82) is 0 Å². The predicted octanol–water partition coefficient (Wildman–Crippen LogP) is 4.61. The second-order valence-electron chi connectivity index (χ2n) is 17.3. The van der Waals surface area contributed by atoms with Crippen LogP contribution in [0, 0.1) is 35.5 Å². The number of piperidine rings is 1. The number of aliphatic hydroxyl groups is 4. The first-order valence-corrected chi connectivity index (χ1v) is 20.4. The molecule has 14 atom stereocenters. The highest BCUT2D eigenvalue weighted by Gasteiger charge is 2.55. The zero-order valence-electron chi connectivity index (χ0n) is 34.0. The maximum Gasteiger partial charge on any atom is 0.329 e. The van der Waals surface area contributed by atoms with Crippen LogP contribution in [-0.2, 0) is 33.4 Å². The number of aliphatic hydroxyl groups excluding tert-OH is 3. The van der Waals surface area contributed by atoms with Crippen LogP contribution in [0.2, 0.25) is 0 Å². The Balaban J connectivity index is 1.75. The number of ether oxygens (including phenoxy) is 3. The highest BCUT2D eigenvalue weighted by molar-refractivity contribution is 6.39. The molecule has 0 spiro atoms. The third-order valence-corrected chi connectivity index (χ3v) is 12.6. The molecule has 0 unspecified atom stereocenters. The molecule has 310 valence electrons. The molecule has 2 saturated heterocycles. The fourth-order valence-electron chi connectivity index (χ4n) is 9.40. The van der Waals surface area contributed by atoms with Gasteiger partial charge in [-0.05, 0) is 101 Å². The zero-order chi connectivity index (χ0) is 40.8. The zero-order valence-corrected chi connectivity index (χ0v) is 34.0. The lowest BCUT2D eigenvalue weighted by molar-refractivity contribution is -0.292. The van der Waals surface area contributed by atoms with Gasteiger partial charge in [0.2, 0.25) is 5.79 Å². The van der Waals surface area contributed by atoms with Gasteiger partial charge in [0.1, 0.15) is 17.9 Å². The van der Waals surface area contributed by atoms with Crippen molar-refractivity contribution in [1.82, 2.24) is 4.90 Å². The lowest BCUT2D eigenvalue weighted by Gasteiger charge is -2.46. The van der Waals surface area contributed by atoms with Crippen molar-refractivity contribution in [2.75, 3.05) is 13.7 Å². The molecule has 2 bridgehead atoms. The van der Waals surface area contributed by atoms with Crippen LogP contribution in [0.5, 0.6) is 0 Å². The Kier molecular flexibility index (Phi) is 16.0. The van der Waals surface area contributed by atoms with Gasteiger partial charge in [0.15, 0.2) is 0 Å². The third kappa shape index (κ3) is 10.8. The number of carbonyl (C=O) groups excluding carboxylic acids is 4. The van der Waals surface area contributed by atoms with Crippen molar-refractivity contribution in [2.24, 2.45) is 35.5 Å². The maximum atomic E-state index is 14.2. The quantitative estimate of drug-likeness (QED) is 0.174. The van der Waals surface area contributed by atoms with Gasteiger partial charge in [0, 0.05) is 37.8 Å². The Bertz CT molecular complexity index is 1440. The van der Waals surface area contributed by atoms with E-state index in [0.29, 0.717) is 56.9 Å². The molecule has 3 fully saturated rings. The summed E-state index contributed by atoms with van der Waals surface area (Å²) in [5, 5.41) is 45.0. The van der Waals surface area contributed by atoms with Gasteiger partial charge < -0.3 is 39.5 Å². The number of rotatable bonds is 5. The number of esters is 1. The molecule has 12 nitrogen and oxygen atoms in total. The van der Waals surface area contributed by atoms with Crippen LogP contribution in [0.3, 0.4) is 0 Å². The number of hydrogen-bond acceptors (Lipinski definition) is 11. The summed E-state index contributed by atoms with van der Waals surface area (Å²) in [6.45, 7) is 14.9. The van der Waals surface area contributed by atoms with Gasteiger partial charge in [0.05, 0.1) is 30.5 Å².